The van der Waals surface area contributed by atoms with Crippen LogP contribution in [0.3, 0.4) is 0 Å². The molecule has 2 atom stereocenters. The monoisotopic (exact) mass is 319 g/mol. The summed E-state index contributed by atoms with van der Waals surface area (Å²) in [6.45, 7) is 10.8. The Morgan fingerprint density at radius 1 is 1.17 bits per heavy atom. The van der Waals surface area contributed by atoms with Crippen molar-refractivity contribution in [3.8, 4) is 5.75 Å². The minimum atomic E-state index is -0.104. The first-order valence-corrected chi connectivity index (χ1v) is 8.49. The summed E-state index contributed by atoms with van der Waals surface area (Å²) in [6.07, 6.45) is 0. The number of nitrogens with zero attached hydrogens (tertiary/aromatic N) is 2. The molecule has 1 heterocycles. The lowest BCUT2D eigenvalue weighted by molar-refractivity contribution is -0.137. The number of rotatable bonds is 6. The SMILES string of the molecule is CCOc1ccc(CN2CCN(C(=O)C(C)C(C)N)CC2)cc1. The lowest BCUT2D eigenvalue weighted by atomic mass is 10.0. The Balaban J connectivity index is 1.81. The summed E-state index contributed by atoms with van der Waals surface area (Å²) in [5.41, 5.74) is 7.11. The van der Waals surface area contributed by atoms with Gasteiger partial charge in [-0.25, -0.2) is 0 Å². The number of hydrogen-bond donors (Lipinski definition) is 1. The van der Waals surface area contributed by atoms with E-state index in [-0.39, 0.29) is 17.9 Å². The van der Waals surface area contributed by atoms with Gasteiger partial charge in [0, 0.05) is 38.8 Å². The summed E-state index contributed by atoms with van der Waals surface area (Å²) in [5.74, 6) is 0.991. The highest BCUT2D eigenvalue weighted by Crippen LogP contribution is 2.15. The first-order valence-electron chi connectivity index (χ1n) is 8.49. The molecule has 128 valence electrons. The van der Waals surface area contributed by atoms with Gasteiger partial charge in [-0.15, -0.1) is 0 Å². The molecule has 2 rings (SSSR count). The summed E-state index contributed by atoms with van der Waals surface area (Å²) in [6, 6.07) is 8.16. The van der Waals surface area contributed by atoms with Crippen LogP contribution in [0.4, 0.5) is 0 Å². The van der Waals surface area contributed by atoms with Crippen molar-refractivity contribution in [3.05, 3.63) is 29.8 Å². The van der Waals surface area contributed by atoms with Crippen molar-refractivity contribution in [1.29, 1.82) is 0 Å². The molecule has 0 spiro atoms. The fourth-order valence-electron chi connectivity index (χ4n) is 2.76. The fourth-order valence-corrected chi connectivity index (χ4v) is 2.76. The van der Waals surface area contributed by atoms with Gasteiger partial charge in [-0.1, -0.05) is 19.1 Å². The van der Waals surface area contributed by atoms with Gasteiger partial charge in [-0.2, -0.15) is 0 Å². The van der Waals surface area contributed by atoms with E-state index in [4.69, 9.17) is 10.5 Å². The number of hydrogen-bond acceptors (Lipinski definition) is 4. The van der Waals surface area contributed by atoms with Crippen molar-refractivity contribution < 1.29 is 9.53 Å². The zero-order chi connectivity index (χ0) is 16.8. The van der Waals surface area contributed by atoms with E-state index in [0.29, 0.717) is 6.61 Å². The predicted molar refractivity (Wildman–Crippen MR) is 92.3 cm³/mol. The van der Waals surface area contributed by atoms with Crippen LogP contribution in [0.5, 0.6) is 5.75 Å². The van der Waals surface area contributed by atoms with Crippen molar-refractivity contribution in [1.82, 2.24) is 9.80 Å². The van der Waals surface area contributed by atoms with E-state index in [1.807, 2.05) is 37.8 Å². The molecule has 0 aliphatic carbocycles. The summed E-state index contributed by atoms with van der Waals surface area (Å²) in [5, 5.41) is 0. The van der Waals surface area contributed by atoms with Crippen molar-refractivity contribution in [3.63, 3.8) is 0 Å². The van der Waals surface area contributed by atoms with E-state index < -0.39 is 0 Å². The quantitative estimate of drug-likeness (QED) is 0.867. The molecule has 2 unspecified atom stereocenters. The van der Waals surface area contributed by atoms with Gasteiger partial charge in [0.05, 0.1) is 12.5 Å². The second-order valence-corrected chi connectivity index (χ2v) is 6.33. The van der Waals surface area contributed by atoms with Crippen molar-refractivity contribution in [2.75, 3.05) is 32.8 Å². The number of carbonyl (C=O) groups is 1. The number of piperazine rings is 1. The van der Waals surface area contributed by atoms with Gasteiger partial charge in [-0.3, -0.25) is 9.69 Å². The largest absolute Gasteiger partial charge is 0.494 e. The van der Waals surface area contributed by atoms with Gasteiger partial charge in [0.15, 0.2) is 0 Å². The van der Waals surface area contributed by atoms with E-state index in [0.717, 1.165) is 38.5 Å². The first kappa shape index (κ1) is 17.8. The summed E-state index contributed by atoms with van der Waals surface area (Å²) in [7, 11) is 0. The maximum absolute atomic E-state index is 12.3. The molecule has 1 aromatic rings. The number of carbonyl (C=O) groups excluding carboxylic acids is 1. The predicted octanol–water partition coefficient (Wildman–Crippen LogP) is 1.71. The third-order valence-electron chi connectivity index (χ3n) is 4.50. The number of amides is 1. The minimum absolute atomic E-state index is 0.0932. The van der Waals surface area contributed by atoms with E-state index >= 15 is 0 Å². The maximum atomic E-state index is 12.3. The Hall–Kier alpha value is -1.59. The van der Waals surface area contributed by atoms with Crippen LogP contribution >= 0.6 is 0 Å². The molecule has 1 aliphatic heterocycles. The highest BCUT2D eigenvalue weighted by atomic mass is 16.5. The summed E-state index contributed by atoms with van der Waals surface area (Å²) >= 11 is 0. The van der Waals surface area contributed by atoms with Gasteiger partial charge in [0.1, 0.15) is 5.75 Å². The van der Waals surface area contributed by atoms with Crippen LogP contribution in [0.25, 0.3) is 0 Å². The highest BCUT2D eigenvalue weighted by Gasteiger charge is 2.26. The normalized spacial score (nSPS) is 18.5. The summed E-state index contributed by atoms with van der Waals surface area (Å²) in [4.78, 5) is 16.6. The number of nitrogens with two attached hydrogens (primary N) is 1. The molecule has 5 nitrogen and oxygen atoms in total. The molecule has 0 aromatic heterocycles. The summed E-state index contributed by atoms with van der Waals surface area (Å²) < 4.78 is 5.46. The molecule has 1 aromatic carbocycles. The number of benzene rings is 1. The minimum Gasteiger partial charge on any atom is -0.494 e. The van der Waals surface area contributed by atoms with Gasteiger partial charge in [0.2, 0.25) is 5.91 Å². The lowest BCUT2D eigenvalue weighted by Crippen LogP contribution is -2.51. The van der Waals surface area contributed by atoms with Crippen LogP contribution in [0, 0.1) is 5.92 Å². The Bertz CT molecular complexity index is 493. The highest BCUT2D eigenvalue weighted by molar-refractivity contribution is 5.79. The maximum Gasteiger partial charge on any atom is 0.227 e. The molecular formula is C18H29N3O2. The molecule has 0 saturated carbocycles. The average Bonchev–Trinajstić information content (AvgIpc) is 2.56. The molecule has 1 aliphatic rings. The molecule has 0 radical (unpaired) electrons. The molecule has 1 amide bonds. The van der Waals surface area contributed by atoms with Gasteiger partial charge < -0.3 is 15.4 Å². The van der Waals surface area contributed by atoms with Crippen molar-refractivity contribution in [2.24, 2.45) is 11.7 Å². The zero-order valence-corrected chi connectivity index (χ0v) is 14.5. The Kier molecular flexibility index (Phi) is 6.42. The van der Waals surface area contributed by atoms with Gasteiger partial charge >= 0.3 is 0 Å². The topological polar surface area (TPSA) is 58.8 Å². The average molecular weight is 319 g/mol. The first-order chi connectivity index (χ1) is 11.0. The third kappa shape index (κ3) is 4.94. The molecule has 1 saturated heterocycles. The standard InChI is InChI=1S/C18H29N3O2/c1-4-23-17-7-5-16(6-8-17)13-20-9-11-21(12-10-20)18(22)14(2)15(3)19/h5-8,14-15H,4,9-13,19H2,1-3H3. The fraction of sp³-hybridized carbons (Fsp3) is 0.611. The second-order valence-electron chi connectivity index (χ2n) is 6.33. The molecule has 5 heteroatoms. The molecule has 23 heavy (non-hydrogen) atoms. The van der Waals surface area contributed by atoms with Crippen molar-refractivity contribution in [2.45, 2.75) is 33.4 Å². The van der Waals surface area contributed by atoms with Crippen LogP contribution in [0.1, 0.15) is 26.3 Å². The molecule has 1 fully saturated rings. The van der Waals surface area contributed by atoms with E-state index in [1.54, 1.807) is 0 Å². The van der Waals surface area contributed by atoms with Crippen LogP contribution in [-0.2, 0) is 11.3 Å². The lowest BCUT2D eigenvalue weighted by Gasteiger charge is -2.36. The van der Waals surface area contributed by atoms with Crippen LogP contribution in [-0.4, -0.2) is 54.5 Å². The van der Waals surface area contributed by atoms with Gasteiger partial charge in [0.25, 0.3) is 0 Å². The Morgan fingerprint density at radius 3 is 2.30 bits per heavy atom. The zero-order valence-electron chi connectivity index (χ0n) is 14.5. The van der Waals surface area contributed by atoms with Crippen LogP contribution in [0.2, 0.25) is 0 Å². The molecule has 0 bridgehead atoms. The van der Waals surface area contributed by atoms with E-state index in [1.165, 1.54) is 5.56 Å². The molecular weight excluding hydrogens is 290 g/mol. The smallest absolute Gasteiger partial charge is 0.227 e. The molecule has 2 N–H and O–H groups in total. The van der Waals surface area contributed by atoms with E-state index in [2.05, 4.69) is 17.0 Å². The van der Waals surface area contributed by atoms with Gasteiger partial charge in [-0.05, 0) is 31.5 Å². The van der Waals surface area contributed by atoms with Crippen molar-refractivity contribution >= 4 is 5.91 Å². The second kappa shape index (κ2) is 8.31. The Morgan fingerprint density at radius 2 is 1.78 bits per heavy atom. The third-order valence-corrected chi connectivity index (χ3v) is 4.50. The number of ether oxygens (including phenoxy) is 1. The van der Waals surface area contributed by atoms with E-state index in [9.17, 15) is 4.79 Å². The van der Waals surface area contributed by atoms with Crippen LogP contribution in [0.15, 0.2) is 24.3 Å². The van der Waals surface area contributed by atoms with Crippen LogP contribution < -0.4 is 10.5 Å². The Labute approximate surface area is 139 Å².